The molecule has 1 aliphatic rings. The molecule has 1 aromatic rings. The van der Waals surface area contributed by atoms with Crippen molar-refractivity contribution in [2.75, 3.05) is 19.6 Å². The van der Waals surface area contributed by atoms with Gasteiger partial charge in [0.15, 0.2) is 0 Å². The Balaban J connectivity index is 2.12. The second kappa shape index (κ2) is 5.93. The number of piperidine rings is 1. The first-order chi connectivity index (χ1) is 9.11. The molecule has 1 unspecified atom stereocenters. The van der Waals surface area contributed by atoms with E-state index in [1.807, 2.05) is 0 Å². The van der Waals surface area contributed by atoms with Crippen molar-refractivity contribution >= 4 is 5.91 Å². The second-order valence-electron chi connectivity index (χ2n) is 5.04. The lowest BCUT2D eigenvalue weighted by Gasteiger charge is -2.32. The van der Waals surface area contributed by atoms with E-state index < -0.39 is 0 Å². The molecule has 0 spiro atoms. The van der Waals surface area contributed by atoms with Crippen LogP contribution in [0.2, 0.25) is 0 Å². The van der Waals surface area contributed by atoms with Crippen molar-refractivity contribution in [1.29, 1.82) is 0 Å². The fourth-order valence-corrected chi connectivity index (χ4v) is 2.59. The third kappa shape index (κ3) is 3.17. The number of nitrogens with two attached hydrogens (primary N) is 1. The minimum atomic E-state index is -0.227. The normalized spacial score (nSPS) is 19.4. The number of aromatic hydroxyl groups is 2. The van der Waals surface area contributed by atoms with Crippen LogP contribution in [-0.2, 0) is 0 Å². The summed E-state index contributed by atoms with van der Waals surface area (Å²) in [5.74, 6) is 0.0951. The molecule has 104 valence electrons. The molecule has 4 N–H and O–H groups in total. The van der Waals surface area contributed by atoms with Crippen LogP contribution in [0.4, 0.5) is 0 Å². The van der Waals surface area contributed by atoms with Crippen LogP contribution in [0.1, 0.15) is 29.6 Å². The van der Waals surface area contributed by atoms with E-state index in [1.165, 1.54) is 18.2 Å². The van der Waals surface area contributed by atoms with Gasteiger partial charge in [-0.2, -0.15) is 0 Å². The van der Waals surface area contributed by atoms with Crippen LogP contribution in [0.5, 0.6) is 11.5 Å². The van der Waals surface area contributed by atoms with Crippen LogP contribution < -0.4 is 5.73 Å². The van der Waals surface area contributed by atoms with Gasteiger partial charge < -0.3 is 20.8 Å². The van der Waals surface area contributed by atoms with Gasteiger partial charge in [-0.15, -0.1) is 0 Å². The molecule has 0 bridgehead atoms. The zero-order valence-electron chi connectivity index (χ0n) is 10.9. The van der Waals surface area contributed by atoms with Crippen molar-refractivity contribution in [2.24, 2.45) is 11.7 Å². The van der Waals surface area contributed by atoms with Crippen LogP contribution >= 0.6 is 0 Å². The highest BCUT2D eigenvalue weighted by molar-refractivity contribution is 5.97. The molecule has 1 aromatic carbocycles. The van der Waals surface area contributed by atoms with E-state index in [4.69, 9.17) is 5.73 Å². The van der Waals surface area contributed by atoms with Gasteiger partial charge in [-0.3, -0.25) is 4.79 Å². The summed E-state index contributed by atoms with van der Waals surface area (Å²) in [5.41, 5.74) is 5.72. The van der Waals surface area contributed by atoms with Crippen molar-refractivity contribution in [1.82, 2.24) is 4.90 Å². The molecule has 19 heavy (non-hydrogen) atoms. The van der Waals surface area contributed by atoms with Gasteiger partial charge in [0.05, 0.1) is 5.56 Å². The van der Waals surface area contributed by atoms with Gasteiger partial charge in [0, 0.05) is 13.1 Å². The fourth-order valence-electron chi connectivity index (χ4n) is 2.59. The Kier molecular flexibility index (Phi) is 4.27. The Hall–Kier alpha value is -1.75. The third-order valence-electron chi connectivity index (χ3n) is 3.59. The quantitative estimate of drug-likeness (QED) is 0.718. The van der Waals surface area contributed by atoms with Crippen LogP contribution in [0.15, 0.2) is 18.2 Å². The van der Waals surface area contributed by atoms with Gasteiger partial charge in [0.1, 0.15) is 11.5 Å². The summed E-state index contributed by atoms with van der Waals surface area (Å²) >= 11 is 0. The third-order valence-corrected chi connectivity index (χ3v) is 3.59. The zero-order chi connectivity index (χ0) is 13.8. The average molecular weight is 264 g/mol. The summed E-state index contributed by atoms with van der Waals surface area (Å²) in [4.78, 5) is 14.1. The molecular formula is C14H20N2O3. The van der Waals surface area contributed by atoms with Crippen LogP contribution in [-0.4, -0.2) is 40.7 Å². The lowest BCUT2D eigenvalue weighted by Crippen LogP contribution is -2.40. The number of phenolic OH excluding ortho intramolecular Hbond substituents is 2. The lowest BCUT2D eigenvalue weighted by atomic mass is 9.94. The number of benzene rings is 1. The van der Waals surface area contributed by atoms with E-state index in [0.29, 0.717) is 25.6 Å². The van der Waals surface area contributed by atoms with E-state index in [9.17, 15) is 15.0 Å². The highest BCUT2D eigenvalue weighted by atomic mass is 16.3. The molecule has 1 atom stereocenters. The predicted molar refractivity (Wildman–Crippen MR) is 72.1 cm³/mol. The van der Waals surface area contributed by atoms with Crippen molar-refractivity contribution in [3.05, 3.63) is 23.8 Å². The Bertz CT molecular complexity index is 460. The minimum absolute atomic E-state index is 0.0170. The molecule has 1 fully saturated rings. The number of phenols is 2. The molecule has 1 heterocycles. The number of rotatable bonds is 3. The molecule has 0 aromatic heterocycles. The molecule has 0 aliphatic carbocycles. The number of hydrogen-bond donors (Lipinski definition) is 3. The standard InChI is InChI=1S/C14H20N2O3/c15-6-5-10-2-1-7-16(9-10)14(19)12-8-11(17)3-4-13(12)18/h3-4,8,10,17-18H,1-2,5-7,9,15H2. The number of amides is 1. The van der Waals surface area contributed by atoms with Crippen molar-refractivity contribution in [3.63, 3.8) is 0 Å². The van der Waals surface area contributed by atoms with E-state index in [0.717, 1.165) is 19.3 Å². The summed E-state index contributed by atoms with van der Waals surface area (Å²) in [7, 11) is 0. The van der Waals surface area contributed by atoms with Crippen molar-refractivity contribution in [3.8, 4) is 11.5 Å². The van der Waals surface area contributed by atoms with Crippen molar-refractivity contribution < 1.29 is 15.0 Å². The molecular weight excluding hydrogens is 244 g/mol. The molecule has 0 saturated carbocycles. The highest BCUT2D eigenvalue weighted by Gasteiger charge is 2.25. The van der Waals surface area contributed by atoms with E-state index in [1.54, 1.807) is 4.90 Å². The van der Waals surface area contributed by atoms with Gasteiger partial charge in [0.2, 0.25) is 0 Å². The van der Waals surface area contributed by atoms with Gasteiger partial charge >= 0.3 is 0 Å². The molecule has 0 radical (unpaired) electrons. The number of carbonyl (C=O) groups is 1. The maximum atomic E-state index is 12.3. The number of nitrogens with zero attached hydrogens (tertiary/aromatic N) is 1. The Morgan fingerprint density at radius 2 is 2.21 bits per heavy atom. The zero-order valence-corrected chi connectivity index (χ0v) is 10.9. The maximum absolute atomic E-state index is 12.3. The average Bonchev–Trinajstić information content (AvgIpc) is 2.41. The molecule has 2 rings (SSSR count). The first-order valence-electron chi connectivity index (χ1n) is 6.63. The van der Waals surface area contributed by atoms with E-state index in [2.05, 4.69) is 0 Å². The number of hydrogen-bond acceptors (Lipinski definition) is 4. The lowest BCUT2D eigenvalue weighted by molar-refractivity contribution is 0.0666. The molecule has 5 heteroatoms. The first kappa shape index (κ1) is 13.7. The number of carbonyl (C=O) groups excluding carboxylic acids is 1. The van der Waals surface area contributed by atoms with Gasteiger partial charge in [-0.25, -0.2) is 0 Å². The topological polar surface area (TPSA) is 86.8 Å². The summed E-state index contributed by atoms with van der Waals surface area (Å²) in [6.45, 7) is 1.99. The smallest absolute Gasteiger partial charge is 0.257 e. The summed E-state index contributed by atoms with van der Waals surface area (Å²) in [6, 6.07) is 4.01. The molecule has 1 saturated heterocycles. The summed E-state index contributed by atoms with van der Waals surface area (Å²) < 4.78 is 0. The first-order valence-corrected chi connectivity index (χ1v) is 6.63. The summed E-state index contributed by atoms with van der Waals surface area (Å²) in [5, 5.41) is 19.1. The van der Waals surface area contributed by atoms with Crippen LogP contribution in [0.25, 0.3) is 0 Å². The minimum Gasteiger partial charge on any atom is -0.508 e. The number of likely N-dealkylation sites (tertiary alicyclic amines) is 1. The monoisotopic (exact) mass is 264 g/mol. The Morgan fingerprint density at radius 1 is 1.42 bits per heavy atom. The molecule has 5 nitrogen and oxygen atoms in total. The van der Waals surface area contributed by atoms with Gasteiger partial charge in [-0.1, -0.05) is 0 Å². The SMILES string of the molecule is NCCC1CCCN(C(=O)c2cc(O)ccc2O)C1. The van der Waals surface area contributed by atoms with Gasteiger partial charge in [0.25, 0.3) is 5.91 Å². The highest BCUT2D eigenvalue weighted by Crippen LogP contribution is 2.26. The predicted octanol–water partition coefficient (Wildman–Crippen LogP) is 1.30. The second-order valence-corrected chi connectivity index (χ2v) is 5.04. The largest absolute Gasteiger partial charge is 0.508 e. The Morgan fingerprint density at radius 3 is 2.95 bits per heavy atom. The van der Waals surface area contributed by atoms with E-state index in [-0.39, 0.29) is 23.0 Å². The van der Waals surface area contributed by atoms with Crippen molar-refractivity contribution in [2.45, 2.75) is 19.3 Å². The van der Waals surface area contributed by atoms with E-state index >= 15 is 0 Å². The Labute approximate surface area is 112 Å². The molecule has 1 aliphatic heterocycles. The van der Waals surface area contributed by atoms with Gasteiger partial charge in [-0.05, 0) is 49.9 Å². The van der Waals surface area contributed by atoms with Crippen LogP contribution in [0.3, 0.4) is 0 Å². The molecule has 1 amide bonds. The fraction of sp³-hybridized carbons (Fsp3) is 0.500. The maximum Gasteiger partial charge on any atom is 0.257 e. The summed E-state index contributed by atoms with van der Waals surface area (Å²) in [6.07, 6.45) is 2.96. The van der Waals surface area contributed by atoms with Crippen LogP contribution in [0, 0.1) is 5.92 Å².